The van der Waals surface area contributed by atoms with E-state index in [0.29, 0.717) is 11.8 Å². The van der Waals surface area contributed by atoms with Gasteiger partial charge in [0.2, 0.25) is 20.0 Å². The minimum atomic E-state index is -3.57. The molecule has 4 rings (SSSR count). The topological polar surface area (TPSA) is 92.3 Å². The van der Waals surface area contributed by atoms with Gasteiger partial charge in [0, 0.05) is 12.1 Å². The summed E-state index contributed by atoms with van der Waals surface area (Å²) in [6.07, 6.45) is 8.27. The lowest BCUT2D eigenvalue weighted by Crippen LogP contribution is -2.40. The van der Waals surface area contributed by atoms with Crippen LogP contribution < -0.4 is 9.44 Å². The molecule has 0 saturated heterocycles. The smallest absolute Gasteiger partial charge is 0.208 e. The standard InChI is InChI=1S/C26H36N2O4S2/c1-19-7-3-5-9-25(19)27-33(29,30)23-15-11-21(12-16-23)22-13-17-24(18-14-22)34(31,32)28-26-10-6-4-8-20(26)2/h11-20,25-28H,3-10H2,1-2H3/t19-,20-,25-,26+/m0/s1. The lowest BCUT2D eigenvalue weighted by atomic mass is 9.87. The molecule has 2 N–H and O–H groups in total. The molecule has 186 valence electrons. The van der Waals surface area contributed by atoms with Crippen LogP contribution in [0.1, 0.15) is 65.2 Å². The predicted octanol–water partition coefficient (Wildman–Crippen LogP) is 5.07. The summed E-state index contributed by atoms with van der Waals surface area (Å²) in [6.45, 7) is 4.20. The molecule has 0 heterocycles. The highest BCUT2D eigenvalue weighted by atomic mass is 32.2. The van der Waals surface area contributed by atoms with Crippen LogP contribution in [0.2, 0.25) is 0 Å². The van der Waals surface area contributed by atoms with Gasteiger partial charge in [0.1, 0.15) is 0 Å². The van der Waals surface area contributed by atoms with Gasteiger partial charge in [-0.15, -0.1) is 0 Å². The first-order valence-corrected chi connectivity index (χ1v) is 15.4. The van der Waals surface area contributed by atoms with E-state index in [-0.39, 0.29) is 21.9 Å². The van der Waals surface area contributed by atoms with E-state index >= 15 is 0 Å². The van der Waals surface area contributed by atoms with Gasteiger partial charge in [0.25, 0.3) is 0 Å². The molecule has 4 atom stereocenters. The molecule has 0 unspecified atom stereocenters. The molecule has 8 heteroatoms. The average Bonchev–Trinajstić information content (AvgIpc) is 2.82. The van der Waals surface area contributed by atoms with Gasteiger partial charge in [0.15, 0.2) is 0 Å². The largest absolute Gasteiger partial charge is 0.240 e. The Labute approximate surface area is 204 Å². The van der Waals surface area contributed by atoms with E-state index in [4.69, 9.17) is 0 Å². The number of hydrogen-bond donors (Lipinski definition) is 2. The summed E-state index contributed by atoms with van der Waals surface area (Å²) < 4.78 is 57.2. The number of nitrogens with one attached hydrogen (secondary N) is 2. The second-order valence-electron chi connectivity index (χ2n) is 10.0. The number of sulfonamides is 2. The zero-order valence-electron chi connectivity index (χ0n) is 20.0. The Morgan fingerprint density at radius 2 is 0.882 bits per heavy atom. The molecule has 0 amide bonds. The minimum absolute atomic E-state index is 0.0156. The van der Waals surface area contributed by atoms with Crippen molar-refractivity contribution in [2.75, 3.05) is 0 Å². The third-order valence-electron chi connectivity index (χ3n) is 7.50. The van der Waals surface area contributed by atoms with Crippen molar-refractivity contribution in [2.45, 2.75) is 87.1 Å². The van der Waals surface area contributed by atoms with Crippen molar-refractivity contribution in [2.24, 2.45) is 11.8 Å². The molecule has 0 aliphatic heterocycles. The molecule has 0 spiro atoms. The number of hydrogen-bond acceptors (Lipinski definition) is 4. The van der Waals surface area contributed by atoms with Crippen LogP contribution in [0.3, 0.4) is 0 Å². The van der Waals surface area contributed by atoms with Crippen LogP contribution in [0.4, 0.5) is 0 Å². The fourth-order valence-electron chi connectivity index (χ4n) is 5.17. The Morgan fingerprint density at radius 1 is 0.559 bits per heavy atom. The fraction of sp³-hybridized carbons (Fsp3) is 0.538. The SMILES string of the molecule is C[C@H]1CCCC[C@@H]1NS(=O)(=O)c1ccc(-c2ccc(S(=O)(=O)N[C@@H]3CCCC[C@@H]3C)cc2)cc1. The molecule has 2 aromatic rings. The molecule has 0 aromatic heterocycles. The van der Waals surface area contributed by atoms with E-state index < -0.39 is 20.0 Å². The maximum atomic E-state index is 12.9. The normalized spacial score (nSPS) is 26.3. The highest BCUT2D eigenvalue weighted by molar-refractivity contribution is 7.89. The predicted molar refractivity (Wildman–Crippen MR) is 135 cm³/mol. The van der Waals surface area contributed by atoms with Gasteiger partial charge in [-0.1, -0.05) is 63.8 Å². The van der Waals surface area contributed by atoms with Gasteiger partial charge in [-0.3, -0.25) is 0 Å². The summed E-state index contributed by atoms with van der Waals surface area (Å²) >= 11 is 0. The number of rotatable bonds is 7. The van der Waals surface area contributed by atoms with E-state index in [2.05, 4.69) is 23.3 Å². The Balaban J connectivity index is 1.44. The lowest BCUT2D eigenvalue weighted by Gasteiger charge is -2.29. The third-order valence-corrected chi connectivity index (χ3v) is 10.5. The summed E-state index contributed by atoms with van der Waals surface area (Å²) in [5.74, 6) is 0.682. The van der Waals surface area contributed by atoms with E-state index in [1.807, 2.05) is 0 Å². The monoisotopic (exact) mass is 504 g/mol. The molecule has 0 bridgehead atoms. The summed E-state index contributed by atoms with van der Waals surface area (Å²) in [5.41, 5.74) is 1.67. The Bertz CT molecular complexity index is 1080. The van der Waals surface area contributed by atoms with E-state index in [1.54, 1.807) is 48.5 Å². The molecule has 0 radical (unpaired) electrons. The van der Waals surface area contributed by atoms with Gasteiger partial charge < -0.3 is 0 Å². The maximum absolute atomic E-state index is 12.9. The molecule has 2 aliphatic rings. The second-order valence-corrected chi connectivity index (χ2v) is 13.5. The first-order chi connectivity index (χ1) is 16.2. The van der Waals surface area contributed by atoms with Crippen LogP contribution in [0.15, 0.2) is 58.3 Å². The van der Waals surface area contributed by atoms with Crippen LogP contribution >= 0.6 is 0 Å². The lowest BCUT2D eigenvalue weighted by molar-refractivity contribution is 0.310. The minimum Gasteiger partial charge on any atom is -0.208 e. The average molecular weight is 505 g/mol. The summed E-state index contributed by atoms with van der Waals surface area (Å²) in [4.78, 5) is 0.498. The first kappa shape index (κ1) is 25.4. The van der Waals surface area contributed by atoms with Crippen LogP contribution in [0.25, 0.3) is 11.1 Å². The first-order valence-electron chi connectivity index (χ1n) is 12.4. The third kappa shape index (κ3) is 5.90. The van der Waals surface area contributed by atoms with Gasteiger partial charge in [0.05, 0.1) is 9.79 Å². The Morgan fingerprint density at radius 3 is 1.21 bits per heavy atom. The van der Waals surface area contributed by atoms with E-state index in [0.717, 1.165) is 62.5 Å². The second kappa shape index (κ2) is 10.5. The highest BCUT2D eigenvalue weighted by Crippen LogP contribution is 2.28. The quantitative estimate of drug-likeness (QED) is 0.551. The zero-order valence-corrected chi connectivity index (χ0v) is 21.7. The van der Waals surface area contributed by atoms with Crippen molar-refractivity contribution in [1.29, 1.82) is 0 Å². The van der Waals surface area contributed by atoms with Crippen LogP contribution in [0.5, 0.6) is 0 Å². The van der Waals surface area contributed by atoms with E-state index in [1.165, 1.54) is 0 Å². The maximum Gasteiger partial charge on any atom is 0.240 e. The fourth-order valence-corrected chi connectivity index (χ4v) is 7.93. The summed E-state index contributed by atoms with van der Waals surface area (Å²) in [6, 6.07) is 13.5. The molecule has 2 aromatic carbocycles. The van der Waals surface area contributed by atoms with Gasteiger partial charge >= 0.3 is 0 Å². The van der Waals surface area contributed by atoms with Crippen LogP contribution in [-0.4, -0.2) is 28.9 Å². The molecule has 2 fully saturated rings. The van der Waals surface area contributed by atoms with Crippen molar-refractivity contribution in [3.63, 3.8) is 0 Å². The number of benzene rings is 2. The molecule has 6 nitrogen and oxygen atoms in total. The molecule has 2 aliphatic carbocycles. The van der Waals surface area contributed by atoms with Crippen molar-refractivity contribution >= 4 is 20.0 Å². The molecule has 34 heavy (non-hydrogen) atoms. The highest BCUT2D eigenvalue weighted by Gasteiger charge is 2.28. The summed E-state index contributed by atoms with van der Waals surface area (Å²) in [5, 5.41) is 0. The Kier molecular flexibility index (Phi) is 7.82. The van der Waals surface area contributed by atoms with Crippen molar-refractivity contribution in [3.8, 4) is 11.1 Å². The Hall–Kier alpha value is -1.74. The van der Waals surface area contributed by atoms with Crippen molar-refractivity contribution < 1.29 is 16.8 Å². The van der Waals surface area contributed by atoms with E-state index in [9.17, 15) is 16.8 Å². The van der Waals surface area contributed by atoms with Gasteiger partial charge in [-0.25, -0.2) is 26.3 Å². The van der Waals surface area contributed by atoms with Crippen LogP contribution in [-0.2, 0) is 20.0 Å². The zero-order chi connectivity index (χ0) is 24.3. The van der Waals surface area contributed by atoms with Crippen molar-refractivity contribution in [1.82, 2.24) is 9.44 Å². The molecular weight excluding hydrogens is 468 g/mol. The molecule has 2 saturated carbocycles. The molecular formula is C26H36N2O4S2. The van der Waals surface area contributed by atoms with Gasteiger partial charge in [-0.2, -0.15) is 0 Å². The van der Waals surface area contributed by atoms with Crippen LogP contribution in [0, 0.1) is 11.8 Å². The summed E-state index contributed by atoms with van der Waals surface area (Å²) in [7, 11) is -7.15. The van der Waals surface area contributed by atoms with Gasteiger partial charge in [-0.05, 0) is 72.9 Å². The van der Waals surface area contributed by atoms with Crippen molar-refractivity contribution in [3.05, 3.63) is 48.5 Å².